The molecule has 1 N–H and O–H groups in total. The number of carboxylic acids is 1. The summed E-state index contributed by atoms with van der Waals surface area (Å²) in [6, 6.07) is 10.0. The lowest BCUT2D eigenvalue weighted by Gasteiger charge is -2.19. The molecule has 0 aliphatic heterocycles. The van der Waals surface area contributed by atoms with Crippen molar-refractivity contribution in [2.24, 2.45) is 0 Å². The van der Waals surface area contributed by atoms with Gasteiger partial charge in [-0.05, 0) is 29.5 Å². The number of thiophene rings is 1. The summed E-state index contributed by atoms with van der Waals surface area (Å²) in [5, 5.41) is 9.13. The van der Waals surface area contributed by atoms with E-state index in [1.54, 1.807) is 6.07 Å². The smallest absolute Gasteiger partial charge is 0.349 e. The van der Waals surface area contributed by atoms with Gasteiger partial charge in [0.05, 0.1) is 0 Å². The number of ether oxygens (including phenoxy) is 1. The van der Waals surface area contributed by atoms with E-state index in [-0.39, 0.29) is 10.3 Å². The van der Waals surface area contributed by atoms with Crippen LogP contribution >= 0.6 is 11.3 Å². The topological polar surface area (TPSA) is 46.5 Å². The standard InChI is InChI=1S/C17H20O3S/c1-11-9-14(15(21-11)16(18)19)20-10-12-5-7-13(8-6-12)17(2,3)4/h5-9H,10H2,1-4H3,(H,18,19). The van der Waals surface area contributed by atoms with Crippen molar-refractivity contribution in [2.45, 2.75) is 39.7 Å². The summed E-state index contributed by atoms with van der Waals surface area (Å²) < 4.78 is 5.66. The maximum Gasteiger partial charge on any atom is 0.349 e. The number of rotatable bonds is 4. The summed E-state index contributed by atoms with van der Waals surface area (Å²) in [5.41, 5.74) is 2.42. The van der Waals surface area contributed by atoms with Crippen molar-refractivity contribution in [3.63, 3.8) is 0 Å². The Labute approximate surface area is 129 Å². The Bertz CT molecular complexity index is 633. The van der Waals surface area contributed by atoms with Crippen molar-refractivity contribution in [1.29, 1.82) is 0 Å². The molecule has 0 atom stereocenters. The summed E-state index contributed by atoms with van der Waals surface area (Å²) in [6.45, 7) is 8.77. The molecule has 3 nitrogen and oxygen atoms in total. The lowest BCUT2D eigenvalue weighted by molar-refractivity contribution is 0.0697. The van der Waals surface area contributed by atoms with Gasteiger partial charge in [0, 0.05) is 4.88 Å². The molecule has 0 aliphatic carbocycles. The van der Waals surface area contributed by atoms with Crippen LogP contribution in [-0.2, 0) is 12.0 Å². The zero-order chi connectivity index (χ0) is 15.6. The second kappa shape index (κ2) is 5.90. The molecule has 0 spiro atoms. The third-order valence-corrected chi connectivity index (χ3v) is 4.25. The van der Waals surface area contributed by atoms with Crippen molar-refractivity contribution in [3.05, 3.63) is 51.2 Å². The molecule has 0 radical (unpaired) electrons. The minimum atomic E-state index is -0.939. The Morgan fingerprint density at radius 3 is 2.38 bits per heavy atom. The van der Waals surface area contributed by atoms with Gasteiger partial charge in [0.15, 0.2) is 4.88 Å². The average Bonchev–Trinajstić information content (AvgIpc) is 2.77. The molecule has 2 aromatic rings. The molecule has 0 amide bonds. The van der Waals surface area contributed by atoms with Crippen LogP contribution in [0.4, 0.5) is 0 Å². The molecule has 112 valence electrons. The van der Waals surface area contributed by atoms with Gasteiger partial charge < -0.3 is 9.84 Å². The predicted molar refractivity (Wildman–Crippen MR) is 85.5 cm³/mol. The molecule has 1 aromatic carbocycles. The van der Waals surface area contributed by atoms with E-state index in [1.807, 2.05) is 19.1 Å². The Balaban J connectivity index is 2.08. The van der Waals surface area contributed by atoms with Crippen molar-refractivity contribution in [3.8, 4) is 5.75 Å². The van der Waals surface area contributed by atoms with Gasteiger partial charge in [-0.15, -0.1) is 11.3 Å². The van der Waals surface area contributed by atoms with Crippen LogP contribution in [0.5, 0.6) is 5.75 Å². The minimum absolute atomic E-state index is 0.125. The second-order valence-electron chi connectivity index (χ2n) is 6.09. The maximum atomic E-state index is 11.1. The fourth-order valence-electron chi connectivity index (χ4n) is 2.01. The van der Waals surface area contributed by atoms with E-state index in [4.69, 9.17) is 9.84 Å². The first kappa shape index (κ1) is 15.6. The summed E-state index contributed by atoms with van der Waals surface area (Å²) in [4.78, 5) is 12.3. The Morgan fingerprint density at radius 1 is 1.24 bits per heavy atom. The normalized spacial score (nSPS) is 11.4. The van der Waals surface area contributed by atoms with Crippen molar-refractivity contribution >= 4 is 17.3 Å². The Kier molecular flexibility index (Phi) is 4.37. The van der Waals surface area contributed by atoms with Crippen LogP contribution in [0.25, 0.3) is 0 Å². The number of hydrogen-bond donors (Lipinski definition) is 1. The van der Waals surface area contributed by atoms with Crippen LogP contribution in [0.2, 0.25) is 0 Å². The van der Waals surface area contributed by atoms with Crippen LogP contribution in [0.1, 0.15) is 46.4 Å². The zero-order valence-electron chi connectivity index (χ0n) is 12.8. The minimum Gasteiger partial charge on any atom is -0.487 e. The highest BCUT2D eigenvalue weighted by atomic mass is 32.1. The molecule has 0 saturated carbocycles. The molecular formula is C17H20O3S. The van der Waals surface area contributed by atoms with Gasteiger partial charge in [0.1, 0.15) is 12.4 Å². The predicted octanol–water partition coefficient (Wildman–Crippen LogP) is 4.63. The molecule has 1 aromatic heterocycles. The van der Waals surface area contributed by atoms with E-state index >= 15 is 0 Å². The van der Waals surface area contributed by atoms with Gasteiger partial charge in [0.25, 0.3) is 0 Å². The number of carboxylic acid groups (broad SMARTS) is 1. The summed E-state index contributed by atoms with van der Waals surface area (Å²) in [7, 11) is 0. The summed E-state index contributed by atoms with van der Waals surface area (Å²) in [5.74, 6) is -0.490. The van der Waals surface area contributed by atoms with Gasteiger partial charge in [-0.3, -0.25) is 0 Å². The maximum absolute atomic E-state index is 11.1. The molecule has 0 saturated heterocycles. The van der Waals surface area contributed by atoms with Gasteiger partial charge in [-0.2, -0.15) is 0 Å². The third kappa shape index (κ3) is 3.85. The molecule has 0 bridgehead atoms. The first-order valence-electron chi connectivity index (χ1n) is 6.83. The van der Waals surface area contributed by atoms with E-state index in [0.29, 0.717) is 12.4 Å². The summed E-state index contributed by atoms with van der Waals surface area (Å²) in [6.07, 6.45) is 0. The lowest BCUT2D eigenvalue weighted by atomic mass is 9.87. The average molecular weight is 304 g/mol. The number of benzene rings is 1. The van der Waals surface area contributed by atoms with Crippen LogP contribution in [0.3, 0.4) is 0 Å². The highest BCUT2D eigenvalue weighted by Crippen LogP contribution is 2.29. The largest absolute Gasteiger partial charge is 0.487 e. The molecule has 0 aliphatic rings. The lowest BCUT2D eigenvalue weighted by Crippen LogP contribution is -2.10. The Morgan fingerprint density at radius 2 is 1.86 bits per heavy atom. The number of carbonyl (C=O) groups is 1. The molecular weight excluding hydrogens is 284 g/mol. The molecule has 4 heteroatoms. The van der Waals surface area contributed by atoms with Crippen LogP contribution in [0.15, 0.2) is 30.3 Å². The molecule has 2 rings (SSSR count). The van der Waals surface area contributed by atoms with E-state index in [2.05, 4.69) is 32.9 Å². The fourth-order valence-corrected chi connectivity index (χ4v) is 2.80. The van der Waals surface area contributed by atoms with Crippen LogP contribution in [0, 0.1) is 6.92 Å². The van der Waals surface area contributed by atoms with Crippen molar-refractivity contribution < 1.29 is 14.6 Å². The zero-order valence-corrected chi connectivity index (χ0v) is 13.6. The van der Waals surface area contributed by atoms with Gasteiger partial charge in [0.2, 0.25) is 0 Å². The Hall–Kier alpha value is -1.81. The fraction of sp³-hybridized carbons (Fsp3) is 0.353. The first-order chi connectivity index (χ1) is 9.77. The van der Waals surface area contributed by atoms with Crippen LogP contribution in [-0.4, -0.2) is 11.1 Å². The molecule has 0 fully saturated rings. The highest BCUT2D eigenvalue weighted by Gasteiger charge is 2.16. The quantitative estimate of drug-likeness (QED) is 0.895. The second-order valence-corrected chi connectivity index (χ2v) is 7.35. The van der Waals surface area contributed by atoms with Crippen molar-refractivity contribution in [1.82, 2.24) is 0 Å². The van der Waals surface area contributed by atoms with E-state index < -0.39 is 5.97 Å². The van der Waals surface area contributed by atoms with Gasteiger partial charge in [-0.1, -0.05) is 45.0 Å². The summed E-state index contributed by atoms with van der Waals surface area (Å²) >= 11 is 1.24. The van der Waals surface area contributed by atoms with E-state index in [1.165, 1.54) is 16.9 Å². The van der Waals surface area contributed by atoms with Crippen LogP contribution < -0.4 is 4.74 Å². The molecule has 21 heavy (non-hydrogen) atoms. The van der Waals surface area contributed by atoms with Gasteiger partial charge in [-0.25, -0.2) is 4.79 Å². The number of aromatic carboxylic acids is 1. The molecule has 1 heterocycles. The molecule has 0 unspecified atom stereocenters. The van der Waals surface area contributed by atoms with Crippen molar-refractivity contribution in [2.75, 3.05) is 0 Å². The number of hydrogen-bond acceptors (Lipinski definition) is 3. The highest BCUT2D eigenvalue weighted by molar-refractivity contribution is 7.14. The first-order valence-corrected chi connectivity index (χ1v) is 7.65. The number of aryl methyl sites for hydroxylation is 1. The van der Waals surface area contributed by atoms with E-state index in [0.717, 1.165) is 10.4 Å². The van der Waals surface area contributed by atoms with Gasteiger partial charge >= 0.3 is 5.97 Å². The third-order valence-electron chi connectivity index (χ3n) is 3.23. The SMILES string of the molecule is Cc1cc(OCc2ccc(C(C)(C)C)cc2)c(C(=O)O)s1. The monoisotopic (exact) mass is 304 g/mol. The van der Waals surface area contributed by atoms with E-state index in [9.17, 15) is 4.79 Å².